The number of benzene rings is 1. The molecule has 1 fully saturated rings. The molecule has 3 heterocycles. The van der Waals surface area contributed by atoms with Crippen LogP contribution in [0.2, 0.25) is 0 Å². The summed E-state index contributed by atoms with van der Waals surface area (Å²) in [5.74, 6) is 0.315. The Morgan fingerprint density at radius 1 is 1.24 bits per heavy atom. The van der Waals surface area contributed by atoms with Gasteiger partial charge in [0.1, 0.15) is 5.82 Å². The highest BCUT2D eigenvalue weighted by molar-refractivity contribution is 5.93. The number of halogens is 1. The summed E-state index contributed by atoms with van der Waals surface area (Å²) in [6.07, 6.45) is 6.75. The standard InChI is InChI=1S/C21H23FN6O/c1-2-23-21-24-10-16(11-25-21)20(29)28-9-3-4-15(13-28)19-18(12-26-27-19)14-5-7-17(22)8-6-14/h5-8,10-12,15H,2-4,9,13H2,1H3,(H,26,27)(H,23,24,25)/t15-/m0/s1. The van der Waals surface area contributed by atoms with E-state index in [2.05, 4.69) is 25.5 Å². The maximum atomic E-state index is 13.3. The lowest BCUT2D eigenvalue weighted by atomic mass is 9.90. The van der Waals surface area contributed by atoms with E-state index in [1.807, 2.05) is 11.8 Å². The van der Waals surface area contributed by atoms with Crippen molar-refractivity contribution in [1.29, 1.82) is 0 Å². The van der Waals surface area contributed by atoms with Gasteiger partial charge < -0.3 is 10.2 Å². The molecule has 0 unspecified atom stereocenters. The van der Waals surface area contributed by atoms with E-state index in [0.717, 1.165) is 36.2 Å². The molecule has 1 amide bonds. The van der Waals surface area contributed by atoms with Gasteiger partial charge in [0.05, 0.1) is 11.8 Å². The van der Waals surface area contributed by atoms with Gasteiger partial charge in [0.25, 0.3) is 5.91 Å². The highest BCUT2D eigenvalue weighted by atomic mass is 19.1. The van der Waals surface area contributed by atoms with Crippen LogP contribution in [0, 0.1) is 5.82 Å². The number of rotatable bonds is 5. The molecular formula is C21H23FN6O. The van der Waals surface area contributed by atoms with E-state index < -0.39 is 0 Å². The third kappa shape index (κ3) is 4.11. The molecule has 1 aliphatic heterocycles. The Bertz CT molecular complexity index is 970. The van der Waals surface area contributed by atoms with Crippen LogP contribution in [0.4, 0.5) is 10.3 Å². The molecule has 1 aromatic carbocycles. The molecule has 2 N–H and O–H groups in total. The lowest BCUT2D eigenvalue weighted by Crippen LogP contribution is -2.39. The molecule has 8 heteroatoms. The predicted molar refractivity (Wildman–Crippen MR) is 108 cm³/mol. The van der Waals surface area contributed by atoms with Crippen molar-refractivity contribution in [3.05, 3.63) is 59.9 Å². The summed E-state index contributed by atoms with van der Waals surface area (Å²) in [6.45, 7) is 3.97. The van der Waals surface area contributed by atoms with Crippen LogP contribution in [0.25, 0.3) is 11.1 Å². The molecule has 0 saturated carbocycles. The van der Waals surface area contributed by atoms with Gasteiger partial charge in [0.2, 0.25) is 5.95 Å². The number of H-pyrrole nitrogens is 1. The summed E-state index contributed by atoms with van der Waals surface area (Å²) in [5.41, 5.74) is 3.32. The molecule has 0 aliphatic carbocycles. The van der Waals surface area contributed by atoms with Crippen LogP contribution in [-0.2, 0) is 0 Å². The van der Waals surface area contributed by atoms with E-state index in [1.165, 1.54) is 12.1 Å². The maximum absolute atomic E-state index is 13.3. The fraction of sp³-hybridized carbons (Fsp3) is 0.333. The zero-order valence-corrected chi connectivity index (χ0v) is 16.2. The predicted octanol–water partition coefficient (Wildman–Crippen LogP) is 3.46. The van der Waals surface area contributed by atoms with E-state index in [-0.39, 0.29) is 17.6 Å². The summed E-state index contributed by atoms with van der Waals surface area (Å²) in [7, 11) is 0. The fourth-order valence-electron chi connectivity index (χ4n) is 3.73. The largest absolute Gasteiger partial charge is 0.355 e. The Morgan fingerprint density at radius 3 is 2.72 bits per heavy atom. The minimum absolute atomic E-state index is 0.0689. The second-order valence-electron chi connectivity index (χ2n) is 7.12. The Labute approximate surface area is 168 Å². The number of hydrogen-bond acceptors (Lipinski definition) is 5. The fourth-order valence-corrected chi connectivity index (χ4v) is 3.73. The summed E-state index contributed by atoms with van der Waals surface area (Å²) in [4.78, 5) is 23.2. The molecule has 1 aliphatic rings. The smallest absolute Gasteiger partial charge is 0.257 e. The number of nitrogens with one attached hydrogen (secondary N) is 2. The lowest BCUT2D eigenvalue weighted by Gasteiger charge is -2.32. The minimum atomic E-state index is -0.268. The number of aromatic nitrogens is 4. The molecular weight excluding hydrogens is 371 g/mol. The Hall–Kier alpha value is -3.29. The van der Waals surface area contributed by atoms with E-state index in [9.17, 15) is 9.18 Å². The van der Waals surface area contributed by atoms with E-state index in [1.54, 1.807) is 30.7 Å². The highest BCUT2D eigenvalue weighted by Crippen LogP contribution is 2.33. The average molecular weight is 394 g/mol. The first-order chi connectivity index (χ1) is 14.2. The zero-order chi connectivity index (χ0) is 20.2. The van der Waals surface area contributed by atoms with Crippen molar-refractivity contribution in [1.82, 2.24) is 25.1 Å². The molecule has 150 valence electrons. The van der Waals surface area contributed by atoms with Crippen molar-refractivity contribution < 1.29 is 9.18 Å². The minimum Gasteiger partial charge on any atom is -0.355 e. The van der Waals surface area contributed by atoms with Gasteiger partial charge in [-0.15, -0.1) is 0 Å². The van der Waals surface area contributed by atoms with Crippen molar-refractivity contribution in [2.45, 2.75) is 25.7 Å². The number of piperidine rings is 1. The monoisotopic (exact) mass is 394 g/mol. The number of likely N-dealkylation sites (tertiary alicyclic amines) is 1. The van der Waals surface area contributed by atoms with Gasteiger partial charge in [-0.25, -0.2) is 14.4 Å². The molecule has 29 heavy (non-hydrogen) atoms. The third-order valence-corrected chi connectivity index (χ3v) is 5.17. The van der Waals surface area contributed by atoms with Gasteiger partial charge in [-0.1, -0.05) is 12.1 Å². The summed E-state index contributed by atoms with van der Waals surface area (Å²) in [6, 6.07) is 6.39. The molecule has 4 rings (SSSR count). The number of nitrogens with zero attached hydrogens (tertiary/aromatic N) is 4. The van der Waals surface area contributed by atoms with Crippen LogP contribution in [0.3, 0.4) is 0 Å². The Morgan fingerprint density at radius 2 is 2.00 bits per heavy atom. The van der Waals surface area contributed by atoms with Crippen molar-refractivity contribution in [2.24, 2.45) is 0 Å². The van der Waals surface area contributed by atoms with Crippen molar-refractivity contribution in [3.8, 4) is 11.1 Å². The van der Waals surface area contributed by atoms with Crippen LogP contribution < -0.4 is 5.32 Å². The quantitative estimate of drug-likeness (QED) is 0.692. The molecule has 2 aromatic heterocycles. The van der Waals surface area contributed by atoms with Crippen molar-refractivity contribution in [2.75, 3.05) is 25.0 Å². The molecule has 1 saturated heterocycles. The Balaban J connectivity index is 1.51. The van der Waals surface area contributed by atoms with Crippen LogP contribution in [0.1, 0.15) is 41.7 Å². The van der Waals surface area contributed by atoms with E-state index in [0.29, 0.717) is 24.6 Å². The number of aromatic amines is 1. The van der Waals surface area contributed by atoms with Crippen LogP contribution >= 0.6 is 0 Å². The van der Waals surface area contributed by atoms with Gasteiger partial charge >= 0.3 is 0 Å². The highest BCUT2D eigenvalue weighted by Gasteiger charge is 2.28. The van der Waals surface area contributed by atoms with Crippen LogP contribution in [0.15, 0.2) is 42.9 Å². The molecule has 0 spiro atoms. The second kappa shape index (κ2) is 8.38. The van der Waals surface area contributed by atoms with E-state index >= 15 is 0 Å². The molecule has 1 atom stereocenters. The van der Waals surface area contributed by atoms with Gasteiger partial charge in [-0.3, -0.25) is 9.89 Å². The summed E-state index contributed by atoms with van der Waals surface area (Å²) < 4.78 is 13.3. The first kappa shape index (κ1) is 19.0. The maximum Gasteiger partial charge on any atom is 0.257 e. The average Bonchev–Trinajstić information content (AvgIpc) is 3.25. The second-order valence-corrected chi connectivity index (χ2v) is 7.12. The SMILES string of the molecule is CCNc1ncc(C(=O)N2CCC[C@H](c3[nH]ncc3-c3ccc(F)cc3)C2)cn1. The van der Waals surface area contributed by atoms with Gasteiger partial charge in [-0.2, -0.15) is 5.10 Å². The summed E-state index contributed by atoms with van der Waals surface area (Å²) >= 11 is 0. The molecule has 7 nitrogen and oxygen atoms in total. The molecule has 0 bridgehead atoms. The van der Waals surface area contributed by atoms with Gasteiger partial charge in [0.15, 0.2) is 0 Å². The van der Waals surface area contributed by atoms with Crippen molar-refractivity contribution in [3.63, 3.8) is 0 Å². The lowest BCUT2D eigenvalue weighted by molar-refractivity contribution is 0.0705. The normalized spacial score (nSPS) is 16.6. The number of anilines is 1. The van der Waals surface area contributed by atoms with Crippen molar-refractivity contribution >= 4 is 11.9 Å². The number of carbonyl (C=O) groups excluding carboxylic acids is 1. The number of carbonyl (C=O) groups is 1. The van der Waals surface area contributed by atoms with Crippen LogP contribution in [0.5, 0.6) is 0 Å². The first-order valence-electron chi connectivity index (χ1n) is 9.80. The third-order valence-electron chi connectivity index (χ3n) is 5.17. The Kier molecular flexibility index (Phi) is 5.50. The zero-order valence-electron chi connectivity index (χ0n) is 16.2. The summed E-state index contributed by atoms with van der Waals surface area (Å²) in [5, 5.41) is 10.3. The number of hydrogen-bond donors (Lipinski definition) is 2. The van der Waals surface area contributed by atoms with Crippen LogP contribution in [-0.4, -0.2) is 50.6 Å². The number of amides is 1. The molecule has 3 aromatic rings. The molecule has 0 radical (unpaired) electrons. The first-order valence-corrected chi connectivity index (χ1v) is 9.80. The topological polar surface area (TPSA) is 86.8 Å². The van der Waals surface area contributed by atoms with Gasteiger partial charge in [-0.05, 0) is 37.5 Å². The van der Waals surface area contributed by atoms with E-state index in [4.69, 9.17) is 0 Å². The van der Waals surface area contributed by atoms with Gasteiger partial charge in [0, 0.05) is 49.2 Å².